The molecule has 2 N–H and O–H groups in total. The highest BCUT2D eigenvalue weighted by atomic mass is 16.1. The lowest BCUT2D eigenvalue weighted by molar-refractivity contribution is -0.121. The van der Waals surface area contributed by atoms with Crippen LogP contribution in [0.25, 0.3) is 5.82 Å². The number of carbonyl (C=O) groups is 1. The Kier molecular flexibility index (Phi) is 4.25. The minimum atomic E-state index is 0.0786. The fourth-order valence-electron chi connectivity index (χ4n) is 2.61. The molecule has 1 unspecified atom stereocenters. The lowest BCUT2D eigenvalue weighted by Crippen LogP contribution is -2.31. The maximum absolute atomic E-state index is 12.0. The highest BCUT2D eigenvalue weighted by Crippen LogP contribution is 2.11. The molecule has 6 heteroatoms. The van der Waals surface area contributed by atoms with Crippen molar-refractivity contribution in [2.45, 2.75) is 31.8 Å². The first-order chi connectivity index (χ1) is 10.3. The molecule has 3 heterocycles. The number of rotatable bonds is 5. The van der Waals surface area contributed by atoms with Gasteiger partial charge >= 0.3 is 0 Å². The summed E-state index contributed by atoms with van der Waals surface area (Å²) in [7, 11) is 0. The van der Waals surface area contributed by atoms with Crippen LogP contribution in [0.1, 0.15) is 24.8 Å². The van der Waals surface area contributed by atoms with E-state index in [1.807, 2.05) is 22.9 Å². The van der Waals surface area contributed by atoms with Gasteiger partial charge in [0.2, 0.25) is 5.91 Å². The molecule has 2 aromatic rings. The number of amides is 1. The van der Waals surface area contributed by atoms with Crippen LogP contribution in [-0.2, 0) is 11.3 Å². The van der Waals surface area contributed by atoms with Gasteiger partial charge in [-0.15, -0.1) is 0 Å². The number of nitrogens with zero attached hydrogens (tertiary/aromatic N) is 3. The second-order valence-electron chi connectivity index (χ2n) is 5.23. The van der Waals surface area contributed by atoms with Crippen molar-refractivity contribution in [2.75, 3.05) is 6.54 Å². The average Bonchev–Trinajstić information content (AvgIpc) is 3.18. The van der Waals surface area contributed by atoms with Crippen molar-refractivity contribution in [3.8, 4) is 5.82 Å². The van der Waals surface area contributed by atoms with Crippen LogP contribution in [0.3, 0.4) is 0 Å². The molecule has 1 atom stereocenters. The van der Waals surface area contributed by atoms with Gasteiger partial charge in [-0.25, -0.2) is 9.97 Å². The summed E-state index contributed by atoms with van der Waals surface area (Å²) in [4.78, 5) is 20.4. The third-order valence-electron chi connectivity index (χ3n) is 3.69. The van der Waals surface area contributed by atoms with Gasteiger partial charge < -0.3 is 10.6 Å². The minimum absolute atomic E-state index is 0.0786. The van der Waals surface area contributed by atoms with E-state index in [1.165, 1.54) is 0 Å². The largest absolute Gasteiger partial charge is 0.352 e. The molecule has 1 fully saturated rings. The van der Waals surface area contributed by atoms with Crippen molar-refractivity contribution in [3.63, 3.8) is 0 Å². The van der Waals surface area contributed by atoms with Gasteiger partial charge in [-0.05, 0) is 25.5 Å². The number of nitrogens with one attached hydrogen (secondary N) is 2. The van der Waals surface area contributed by atoms with Crippen LogP contribution < -0.4 is 10.6 Å². The number of hydrogen-bond donors (Lipinski definition) is 2. The van der Waals surface area contributed by atoms with Gasteiger partial charge in [0.25, 0.3) is 0 Å². The summed E-state index contributed by atoms with van der Waals surface area (Å²) in [5.41, 5.74) is 0.975. The first-order valence-corrected chi connectivity index (χ1v) is 7.25. The summed E-state index contributed by atoms with van der Waals surface area (Å²) in [6, 6.07) is 4.17. The molecule has 21 heavy (non-hydrogen) atoms. The van der Waals surface area contributed by atoms with Crippen LogP contribution in [0.4, 0.5) is 0 Å². The van der Waals surface area contributed by atoms with Gasteiger partial charge in [0, 0.05) is 43.2 Å². The Hall–Kier alpha value is -2.21. The van der Waals surface area contributed by atoms with E-state index < -0.39 is 0 Å². The molecule has 0 spiro atoms. The summed E-state index contributed by atoms with van der Waals surface area (Å²) < 4.78 is 1.85. The van der Waals surface area contributed by atoms with Crippen LogP contribution >= 0.6 is 0 Å². The van der Waals surface area contributed by atoms with E-state index in [-0.39, 0.29) is 5.91 Å². The van der Waals surface area contributed by atoms with Crippen LogP contribution in [-0.4, -0.2) is 33.0 Å². The van der Waals surface area contributed by atoms with Crippen LogP contribution in [0.5, 0.6) is 0 Å². The van der Waals surface area contributed by atoms with E-state index in [0.29, 0.717) is 19.0 Å². The maximum atomic E-state index is 12.0. The predicted octanol–water partition coefficient (Wildman–Crippen LogP) is 1.03. The zero-order chi connectivity index (χ0) is 14.5. The van der Waals surface area contributed by atoms with Crippen molar-refractivity contribution in [1.82, 2.24) is 25.2 Å². The van der Waals surface area contributed by atoms with Gasteiger partial charge in [0.05, 0.1) is 0 Å². The molecule has 1 aliphatic rings. The first-order valence-electron chi connectivity index (χ1n) is 7.25. The first kappa shape index (κ1) is 13.8. The molecule has 1 saturated heterocycles. The Morgan fingerprint density at radius 1 is 1.48 bits per heavy atom. The zero-order valence-corrected chi connectivity index (χ0v) is 11.8. The van der Waals surface area contributed by atoms with E-state index in [9.17, 15) is 4.79 Å². The third kappa shape index (κ3) is 3.46. The van der Waals surface area contributed by atoms with E-state index in [4.69, 9.17) is 0 Å². The topological polar surface area (TPSA) is 71.8 Å². The van der Waals surface area contributed by atoms with Gasteiger partial charge in [-0.2, -0.15) is 0 Å². The van der Waals surface area contributed by atoms with E-state index in [1.54, 1.807) is 18.7 Å². The van der Waals surface area contributed by atoms with Crippen LogP contribution in [0.15, 0.2) is 37.1 Å². The Morgan fingerprint density at radius 2 is 2.43 bits per heavy atom. The van der Waals surface area contributed by atoms with Crippen LogP contribution in [0, 0.1) is 0 Å². The Morgan fingerprint density at radius 3 is 3.19 bits per heavy atom. The van der Waals surface area contributed by atoms with Crippen molar-refractivity contribution in [3.05, 3.63) is 42.6 Å². The van der Waals surface area contributed by atoms with E-state index >= 15 is 0 Å². The molecule has 0 radical (unpaired) electrons. The average molecular weight is 285 g/mol. The summed E-state index contributed by atoms with van der Waals surface area (Å²) >= 11 is 0. The molecule has 110 valence electrons. The SMILES string of the molecule is O=C(CC1CCCN1)NCc1cccnc1-n1ccnc1. The predicted molar refractivity (Wildman–Crippen MR) is 78.8 cm³/mol. The Labute approximate surface area is 123 Å². The second kappa shape index (κ2) is 6.49. The van der Waals surface area contributed by atoms with Gasteiger partial charge in [0.15, 0.2) is 0 Å². The highest BCUT2D eigenvalue weighted by molar-refractivity contribution is 5.76. The summed E-state index contributed by atoms with van der Waals surface area (Å²) in [5.74, 6) is 0.879. The molecule has 0 saturated carbocycles. The molecule has 2 aromatic heterocycles. The molecule has 3 rings (SSSR count). The summed E-state index contributed by atoms with van der Waals surface area (Å²) in [6.07, 6.45) is 9.78. The number of imidazole rings is 1. The summed E-state index contributed by atoms with van der Waals surface area (Å²) in [6.45, 7) is 1.50. The second-order valence-corrected chi connectivity index (χ2v) is 5.23. The molecular formula is C15H19N5O. The minimum Gasteiger partial charge on any atom is -0.352 e. The van der Waals surface area contributed by atoms with E-state index in [0.717, 1.165) is 30.8 Å². The molecule has 1 aliphatic heterocycles. The van der Waals surface area contributed by atoms with Crippen molar-refractivity contribution >= 4 is 5.91 Å². The smallest absolute Gasteiger partial charge is 0.221 e. The van der Waals surface area contributed by atoms with Gasteiger partial charge in [-0.3, -0.25) is 9.36 Å². The van der Waals surface area contributed by atoms with Crippen molar-refractivity contribution in [2.24, 2.45) is 0 Å². The molecule has 6 nitrogen and oxygen atoms in total. The lowest BCUT2D eigenvalue weighted by Gasteiger charge is -2.12. The van der Waals surface area contributed by atoms with Crippen LogP contribution in [0.2, 0.25) is 0 Å². The zero-order valence-electron chi connectivity index (χ0n) is 11.8. The van der Waals surface area contributed by atoms with Gasteiger partial charge in [-0.1, -0.05) is 6.07 Å². The Balaban J connectivity index is 1.61. The fourth-order valence-corrected chi connectivity index (χ4v) is 2.61. The highest BCUT2D eigenvalue weighted by Gasteiger charge is 2.17. The van der Waals surface area contributed by atoms with Crippen molar-refractivity contribution in [1.29, 1.82) is 0 Å². The quantitative estimate of drug-likeness (QED) is 0.860. The van der Waals surface area contributed by atoms with Gasteiger partial charge in [0.1, 0.15) is 12.1 Å². The monoisotopic (exact) mass is 285 g/mol. The molecule has 0 bridgehead atoms. The normalized spacial score (nSPS) is 17.8. The molecular weight excluding hydrogens is 266 g/mol. The number of carbonyl (C=O) groups excluding carboxylic acids is 1. The maximum Gasteiger partial charge on any atom is 0.221 e. The standard InChI is InChI=1S/C15H19N5O/c21-14(9-13-4-2-5-17-13)19-10-12-3-1-6-18-15(12)20-8-7-16-11-20/h1,3,6-8,11,13,17H,2,4-5,9-10H2,(H,19,21). The lowest BCUT2D eigenvalue weighted by atomic mass is 10.1. The number of hydrogen-bond acceptors (Lipinski definition) is 4. The number of aromatic nitrogens is 3. The number of pyridine rings is 1. The molecule has 0 aromatic carbocycles. The molecule has 1 amide bonds. The fraction of sp³-hybridized carbons (Fsp3) is 0.400. The summed E-state index contributed by atoms with van der Waals surface area (Å²) in [5, 5.41) is 6.31. The molecule has 0 aliphatic carbocycles. The Bertz CT molecular complexity index is 590. The van der Waals surface area contributed by atoms with E-state index in [2.05, 4.69) is 20.6 Å². The van der Waals surface area contributed by atoms with Crippen molar-refractivity contribution < 1.29 is 4.79 Å². The third-order valence-corrected chi connectivity index (χ3v) is 3.69.